The molecule has 1 aromatic heterocycles. The smallest absolute Gasteiger partial charge is 0.0894 e. The lowest BCUT2D eigenvalue weighted by molar-refractivity contribution is 0.0943. The van der Waals surface area contributed by atoms with Crippen molar-refractivity contribution in [2.75, 3.05) is 19.7 Å². The fourth-order valence-electron chi connectivity index (χ4n) is 0.960. The minimum Gasteiger partial charge on any atom is -0.394 e. The lowest BCUT2D eigenvalue weighted by Crippen LogP contribution is -2.31. The third-order valence-electron chi connectivity index (χ3n) is 1.67. The van der Waals surface area contributed by atoms with E-state index in [4.69, 9.17) is 10.2 Å². The zero-order valence-corrected chi connectivity index (χ0v) is 7.43. The van der Waals surface area contributed by atoms with E-state index in [1.54, 1.807) is 10.9 Å². The van der Waals surface area contributed by atoms with Gasteiger partial charge >= 0.3 is 0 Å². The van der Waals surface area contributed by atoms with Gasteiger partial charge in [0.25, 0.3) is 0 Å². The highest BCUT2D eigenvalue weighted by Gasteiger charge is 1.99. The van der Waals surface area contributed by atoms with E-state index in [-0.39, 0.29) is 6.61 Å². The maximum atomic E-state index is 8.98. The van der Waals surface area contributed by atoms with E-state index in [1.165, 1.54) is 0 Å². The number of aliphatic hydroxyl groups is 2. The van der Waals surface area contributed by atoms with E-state index in [9.17, 15) is 0 Å². The SMILES string of the molecule is OCC(O)CNCCn1cccn1. The fourth-order valence-corrected chi connectivity index (χ4v) is 0.960. The Morgan fingerprint density at radius 3 is 3.00 bits per heavy atom. The van der Waals surface area contributed by atoms with Crippen LogP contribution in [0.2, 0.25) is 0 Å². The lowest BCUT2D eigenvalue weighted by atomic mass is 10.4. The number of rotatable bonds is 6. The lowest BCUT2D eigenvalue weighted by Gasteiger charge is -2.08. The van der Waals surface area contributed by atoms with Crippen LogP contribution in [-0.4, -0.2) is 45.8 Å². The Bertz CT molecular complexity index is 213. The Morgan fingerprint density at radius 1 is 1.54 bits per heavy atom. The minimum absolute atomic E-state index is 0.200. The average Bonchev–Trinajstić information content (AvgIpc) is 2.64. The van der Waals surface area contributed by atoms with E-state index in [0.717, 1.165) is 13.1 Å². The van der Waals surface area contributed by atoms with Crippen LogP contribution in [0.4, 0.5) is 0 Å². The molecule has 0 fully saturated rings. The largest absolute Gasteiger partial charge is 0.394 e. The number of aromatic nitrogens is 2. The maximum Gasteiger partial charge on any atom is 0.0894 e. The predicted octanol–water partition coefficient (Wildman–Crippen LogP) is -1.17. The summed E-state index contributed by atoms with van der Waals surface area (Å²) in [6, 6.07) is 1.86. The summed E-state index contributed by atoms with van der Waals surface area (Å²) in [4.78, 5) is 0. The van der Waals surface area contributed by atoms with Gasteiger partial charge in [0.2, 0.25) is 0 Å². The molecule has 74 valence electrons. The quantitative estimate of drug-likeness (QED) is 0.488. The Morgan fingerprint density at radius 2 is 2.38 bits per heavy atom. The van der Waals surface area contributed by atoms with E-state index < -0.39 is 6.10 Å². The van der Waals surface area contributed by atoms with Crippen LogP contribution < -0.4 is 5.32 Å². The normalized spacial score (nSPS) is 13.1. The van der Waals surface area contributed by atoms with Crippen LogP contribution in [0, 0.1) is 0 Å². The van der Waals surface area contributed by atoms with Gasteiger partial charge in [-0.3, -0.25) is 4.68 Å². The van der Waals surface area contributed by atoms with Gasteiger partial charge in [0, 0.05) is 25.5 Å². The molecule has 0 amide bonds. The van der Waals surface area contributed by atoms with Crippen molar-refractivity contribution in [3.05, 3.63) is 18.5 Å². The molecule has 0 radical (unpaired) electrons. The molecule has 1 aromatic rings. The van der Waals surface area contributed by atoms with Crippen LogP contribution in [0.15, 0.2) is 18.5 Å². The molecule has 0 aliphatic heterocycles. The first kappa shape index (κ1) is 10.2. The predicted molar refractivity (Wildman–Crippen MR) is 48.2 cm³/mol. The van der Waals surface area contributed by atoms with Crippen LogP contribution in [0.5, 0.6) is 0 Å². The fraction of sp³-hybridized carbons (Fsp3) is 0.625. The van der Waals surface area contributed by atoms with Crippen molar-refractivity contribution in [2.24, 2.45) is 0 Å². The third-order valence-corrected chi connectivity index (χ3v) is 1.67. The van der Waals surface area contributed by atoms with Gasteiger partial charge in [0.15, 0.2) is 0 Å². The molecule has 0 bridgehead atoms. The molecule has 1 atom stereocenters. The Balaban J connectivity index is 2.02. The third kappa shape index (κ3) is 4.02. The summed E-state index contributed by atoms with van der Waals surface area (Å²) in [5, 5.41) is 24.5. The zero-order chi connectivity index (χ0) is 9.52. The molecule has 0 saturated heterocycles. The van der Waals surface area contributed by atoms with Gasteiger partial charge in [0.05, 0.1) is 19.3 Å². The molecule has 1 unspecified atom stereocenters. The first-order chi connectivity index (χ1) is 6.33. The summed E-state index contributed by atoms with van der Waals surface area (Å²) in [7, 11) is 0. The summed E-state index contributed by atoms with van der Waals surface area (Å²) in [5.74, 6) is 0. The highest BCUT2D eigenvalue weighted by Crippen LogP contribution is 1.83. The highest BCUT2D eigenvalue weighted by molar-refractivity contribution is 4.77. The van der Waals surface area contributed by atoms with Crippen molar-refractivity contribution in [2.45, 2.75) is 12.6 Å². The second-order valence-electron chi connectivity index (χ2n) is 2.81. The molecule has 5 heteroatoms. The van der Waals surface area contributed by atoms with Gasteiger partial charge < -0.3 is 15.5 Å². The Hall–Kier alpha value is -0.910. The van der Waals surface area contributed by atoms with Crippen molar-refractivity contribution in [3.8, 4) is 0 Å². The molecular formula is C8H15N3O2. The second kappa shape index (κ2) is 5.69. The van der Waals surface area contributed by atoms with Crippen molar-refractivity contribution in [1.82, 2.24) is 15.1 Å². The van der Waals surface area contributed by atoms with Crippen LogP contribution in [0.1, 0.15) is 0 Å². The summed E-state index contributed by atoms with van der Waals surface area (Å²) in [6.45, 7) is 1.72. The Labute approximate surface area is 77.0 Å². The number of nitrogens with one attached hydrogen (secondary N) is 1. The van der Waals surface area contributed by atoms with Gasteiger partial charge in [-0.25, -0.2) is 0 Å². The average molecular weight is 185 g/mol. The van der Waals surface area contributed by atoms with Crippen LogP contribution in [0.3, 0.4) is 0 Å². The van der Waals surface area contributed by atoms with Gasteiger partial charge in [0.1, 0.15) is 0 Å². The summed E-state index contributed by atoms with van der Waals surface area (Å²) in [6.07, 6.45) is 2.94. The summed E-state index contributed by atoms with van der Waals surface area (Å²) in [5.41, 5.74) is 0. The zero-order valence-electron chi connectivity index (χ0n) is 7.43. The van der Waals surface area contributed by atoms with Crippen LogP contribution >= 0.6 is 0 Å². The van der Waals surface area contributed by atoms with Crippen molar-refractivity contribution < 1.29 is 10.2 Å². The molecule has 0 saturated carbocycles. The summed E-state index contributed by atoms with van der Waals surface area (Å²) < 4.78 is 1.80. The van der Waals surface area contributed by atoms with Crippen LogP contribution in [-0.2, 0) is 6.54 Å². The topological polar surface area (TPSA) is 70.3 Å². The van der Waals surface area contributed by atoms with Crippen molar-refractivity contribution >= 4 is 0 Å². The monoisotopic (exact) mass is 185 g/mol. The first-order valence-corrected chi connectivity index (χ1v) is 4.30. The standard InChI is InChI=1S/C8H15N3O2/c12-7-8(13)6-9-3-5-11-4-1-2-10-11/h1-2,4,8-9,12-13H,3,5-7H2. The Kier molecular flexibility index (Phi) is 4.45. The molecule has 1 rings (SSSR count). The van der Waals surface area contributed by atoms with Gasteiger partial charge in [-0.2, -0.15) is 5.10 Å². The van der Waals surface area contributed by atoms with E-state index in [1.807, 2.05) is 12.3 Å². The van der Waals surface area contributed by atoms with Gasteiger partial charge in [-0.05, 0) is 6.07 Å². The van der Waals surface area contributed by atoms with Crippen molar-refractivity contribution in [3.63, 3.8) is 0 Å². The molecule has 0 aliphatic rings. The molecule has 0 spiro atoms. The van der Waals surface area contributed by atoms with E-state index in [2.05, 4.69) is 10.4 Å². The number of hydrogen-bond acceptors (Lipinski definition) is 4. The number of hydrogen-bond donors (Lipinski definition) is 3. The van der Waals surface area contributed by atoms with E-state index in [0.29, 0.717) is 6.54 Å². The maximum absolute atomic E-state index is 8.98. The van der Waals surface area contributed by atoms with Gasteiger partial charge in [-0.15, -0.1) is 0 Å². The van der Waals surface area contributed by atoms with Crippen LogP contribution in [0.25, 0.3) is 0 Å². The molecule has 0 aliphatic carbocycles. The molecule has 13 heavy (non-hydrogen) atoms. The minimum atomic E-state index is -0.669. The number of nitrogens with zero attached hydrogens (tertiary/aromatic N) is 2. The molecule has 0 aromatic carbocycles. The molecular weight excluding hydrogens is 170 g/mol. The highest BCUT2D eigenvalue weighted by atomic mass is 16.3. The van der Waals surface area contributed by atoms with Crippen molar-refractivity contribution in [1.29, 1.82) is 0 Å². The van der Waals surface area contributed by atoms with Gasteiger partial charge in [-0.1, -0.05) is 0 Å². The first-order valence-electron chi connectivity index (χ1n) is 4.30. The van der Waals surface area contributed by atoms with E-state index >= 15 is 0 Å². The molecule has 5 nitrogen and oxygen atoms in total. The summed E-state index contributed by atoms with van der Waals surface area (Å²) >= 11 is 0. The number of aliphatic hydroxyl groups excluding tert-OH is 2. The second-order valence-corrected chi connectivity index (χ2v) is 2.81. The molecule has 3 N–H and O–H groups in total. The molecule has 1 heterocycles.